The third-order valence-electron chi connectivity index (χ3n) is 6.00. The van der Waals surface area contributed by atoms with Gasteiger partial charge < -0.3 is 31.2 Å². The van der Waals surface area contributed by atoms with Crippen LogP contribution in [0.1, 0.15) is 47.9 Å². The van der Waals surface area contributed by atoms with Crippen molar-refractivity contribution in [2.45, 2.75) is 31.7 Å². The Morgan fingerprint density at radius 3 is 2.84 bits per heavy atom. The quantitative estimate of drug-likeness (QED) is 0.201. The van der Waals surface area contributed by atoms with Gasteiger partial charge in [-0.25, -0.2) is 18.6 Å². The number of aliphatic hydroxyl groups is 1. The molecule has 13 heteroatoms. The fraction of sp³-hybridized carbons (Fsp3) is 0.320. The lowest BCUT2D eigenvalue weighted by atomic mass is 10.0. The van der Waals surface area contributed by atoms with Gasteiger partial charge in [-0.15, -0.1) is 0 Å². The van der Waals surface area contributed by atoms with E-state index in [0.29, 0.717) is 42.3 Å². The van der Waals surface area contributed by atoms with Gasteiger partial charge in [-0.3, -0.25) is 10.1 Å². The lowest BCUT2D eigenvalue weighted by molar-refractivity contribution is 0.0923. The highest BCUT2D eigenvalue weighted by Gasteiger charge is 2.26. The maximum absolute atomic E-state index is 14.6. The number of carbonyl (C=O) groups excluding carboxylic acids is 2. The van der Waals surface area contributed by atoms with Crippen LogP contribution in [0.3, 0.4) is 0 Å². The van der Waals surface area contributed by atoms with Gasteiger partial charge in [-0.2, -0.15) is 0 Å². The zero-order chi connectivity index (χ0) is 27.2. The van der Waals surface area contributed by atoms with Crippen LogP contribution in [-0.4, -0.2) is 46.8 Å². The minimum Gasteiger partial charge on any atom is -0.447 e. The van der Waals surface area contributed by atoms with Gasteiger partial charge >= 0.3 is 6.09 Å². The molecule has 0 saturated heterocycles. The summed E-state index contributed by atoms with van der Waals surface area (Å²) in [7, 11) is 0. The van der Waals surface area contributed by atoms with Crippen LogP contribution in [0.4, 0.5) is 30.6 Å². The number of hydrogen-bond acceptors (Lipinski definition) is 7. The Morgan fingerprint density at radius 2 is 2.05 bits per heavy atom. The molecule has 2 amide bonds. The zero-order valence-electron chi connectivity index (χ0n) is 20.2. The Kier molecular flexibility index (Phi) is 8.64. The molecule has 0 saturated carbocycles. The number of ether oxygens (including phenoxy) is 1. The summed E-state index contributed by atoms with van der Waals surface area (Å²) in [6, 6.07) is 5.35. The van der Waals surface area contributed by atoms with Crippen LogP contribution in [0.15, 0.2) is 30.5 Å². The second-order valence-electron chi connectivity index (χ2n) is 8.67. The number of nitrogen functional groups attached to an aromatic ring is 1. The highest BCUT2D eigenvalue weighted by atomic mass is 35.5. The van der Waals surface area contributed by atoms with Crippen molar-refractivity contribution in [3.05, 3.63) is 58.5 Å². The molecule has 1 unspecified atom stereocenters. The number of fused-ring (bicyclic) bond motifs is 4. The summed E-state index contributed by atoms with van der Waals surface area (Å²) in [5, 5.41) is 16.9. The van der Waals surface area contributed by atoms with Crippen LogP contribution in [0, 0.1) is 11.6 Å². The van der Waals surface area contributed by atoms with Crippen molar-refractivity contribution in [1.29, 1.82) is 0 Å². The first-order valence-electron chi connectivity index (χ1n) is 12.0. The van der Waals surface area contributed by atoms with Crippen molar-refractivity contribution in [1.82, 2.24) is 15.3 Å². The fourth-order valence-corrected chi connectivity index (χ4v) is 4.29. The van der Waals surface area contributed by atoms with E-state index in [1.54, 1.807) is 24.4 Å². The molecular formula is C25H27ClF2N6O4. The topological polar surface area (TPSA) is 154 Å². The number of H-pyrrole nitrogens is 1. The first kappa shape index (κ1) is 27.1. The third-order valence-corrected chi connectivity index (χ3v) is 6.38. The van der Waals surface area contributed by atoms with E-state index >= 15 is 0 Å². The van der Waals surface area contributed by atoms with Crippen molar-refractivity contribution >= 4 is 40.7 Å². The number of nitrogens with two attached hydrogens (primary N) is 1. The molecular weight excluding hydrogens is 522 g/mol. The second-order valence-corrected chi connectivity index (χ2v) is 9.05. The van der Waals surface area contributed by atoms with Crippen LogP contribution in [0.5, 0.6) is 0 Å². The van der Waals surface area contributed by atoms with E-state index in [0.717, 1.165) is 24.5 Å². The molecule has 1 aliphatic rings. The number of benzene rings is 2. The van der Waals surface area contributed by atoms with Crippen LogP contribution in [0.2, 0.25) is 5.02 Å². The first-order chi connectivity index (χ1) is 18.3. The number of imidazole rings is 1. The van der Waals surface area contributed by atoms with Gasteiger partial charge in [0.2, 0.25) is 0 Å². The molecule has 7 N–H and O–H groups in total. The second kappa shape index (κ2) is 12.1. The summed E-state index contributed by atoms with van der Waals surface area (Å²) < 4.78 is 33.9. The molecule has 2 aromatic carbocycles. The maximum atomic E-state index is 14.6. The van der Waals surface area contributed by atoms with Crippen molar-refractivity contribution < 1.29 is 28.2 Å². The molecule has 0 radical (unpaired) electrons. The first-order valence-corrected chi connectivity index (χ1v) is 12.4. The summed E-state index contributed by atoms with van der Waals surface area (Å²) in [4.78, 5) is 32.5. The van der Waals surface area contributed by atoms with Crippen molar-refractivity contribution in [3.63, 3.8) is 0 Å². The van der Waals surface area contributed by atoms with Gasteiger partial charge in [0.1, 0.15) is 28.8 Å². The van der Waals surface area contributed by atoms with Crippen LogP contribution < -0.4 is 21.7 Å². The maximum Gasteiger partial charge on any atom is 0.411 e. The monoisotopic (exact) mass is 548 g/mol. The largest absolute Gasteiger partial charge is 0.447 e. The Labute approximate surface area is 221 Å². The van der Waals surface area contributed by atoms with Gasteiger partial charge in [-0.1, -0.05) is 24.4 Å². The molecule has 38 heavy (non-hydrogen) atoms. The molecule has 10 nitrogen and oxygen atoms in total. The number of anilines is 3. The lowest BCUT2D eigenvalue weighted by Gasteiger charge is -2.19. The highest BCUT2D eigenvalue weighted by Crippen LogP contribution is 2.32. The number of aliphatic hydroxyl groups excluding tert-OH is 1. The fourth-order valence-electron chi connectivity index (χ4n) is 4.14. The number of aromatic amines is 1. The van der Waals surface area contributed by atoms with E-state index in [1.165, 1.54) is 0 Å². The number of halogens is 3. The smallest absolute Gasteiger partial charge is 0.411 e. The molecule has 1 atom stereocenters. The average Bonchev–Trinajstić information content (AvgIpc) is 3.37. The SMILES string of the molecule is Nc1cc(F)c(C(=O)NC2CCCCCNc3cc(NC(=O)OCCO)ccc3-c3c[nH]c2n3)c(F)c1Cl. The molecule has 0 spiro atoms. The predicted octanol–water partition coefficient (Wildman–Crippen LogP) is 4.59. The summed E-state index contributed by atoms with van der Waals surface area (Å²) in [6.45, 7) is 0.243. The van der Waals surface area contributed by atoms with Crippen LogP contribution >= 0.6 is 11.6 Å². The molecule has 0 fully saturated rings. The number of aromatic nitrogens is 2. The van der Waals surface area contributed by atoms with E-state index in [4.69, 9.17) is 27.2 Å². The molecule has 2 bridgehead atoms. The van der Waals surface area contributed by atoms with Gasteiger partial charge in [0.15, 0.2) is 5.82 Å². The highest BCUT2D eigenvalue weighted by molar-refractivity contribution is 6.33. The molecule has 1 aromatic heterocycles. The van der Waals surface area contributed by atoms with E-state index in [9.17, 15) is 18.4 Å². The van der Waals surface area contributed by atoms with Gasteiger partial charge in [0.25, 0.3) is 5.91 Å². The average molecular weight is 549 g/mol. The summed E-state index contributed by atoms with van der Waals surface area (Å²) >= 11 is 5.80. The minimum atomic E-state index is -1.22. The van der Waals surface area contributed by atoms with E-state index in [2.05, 4.69) is 25.9 Å². The molecule has 4 rings (SSSR count). The number of nitrogens with zero attached hydrogens (tertiary/aromatic N) is 1. The molecule has 1 aliphatic heterocycles. The Bertz CT molecular complexity index is 1340. The van der Waals surface area contributed by atoms with E-state index in [1.807, 2.05) is 0 Å². The number of rotatable bonds is 5. The summed E-state index contributed by atoms with van der Waals surface area (Å²) in [5.41, 5.74) is 6.87. The molecule has 3 aromatic rings. The Morgan fingerprint density at radius 1 is 1.24 bits per heavy atom. The van der Waals surface area contributed by atoms with Crippen molar-refractivity contribution in [2.24, 2.45) is 0 Å². The van der Waals surface area contributed by atoms with Crippen molar-refractivity contribution in [2.75, 3.05) is 36.1 Å². The minimum absolute atomic E-state index is 0.118. The van der Waals surface area contributed by atoms with Crippen molar-refractivity contribution in [3.8, 4) is 11.3 Å². The van der Waals surface area contributed by atoms with E-state index < -0.39 is 40.3 Å². The Balaban J connectivity index is 1.60. The standard InChI is InChI=1S/C25H27ClF2N6O4/c26-21-16(29)11-15(27)20(22(21)28)24(36)34-17-4-2-1-3-7-30-18-10-13(32-25(37)38-9-8-35)5-6-14(18)19-12-31-23(17)33-19/h5-6,10-12,17,30,35H,1-4,7-9,29H2,(H,31,33)(H,32,37)(H,34,36). The molecule has 202 valence electrons. The van der Waals surface area contributed by atoms with Gasteiger partial charge in [0.05, 0.1) is 24.0 Å². The van der Waals surface area contributed by atoms with E-state index in [-0.39, 0.29) is 18.9 Å². The van der Waals surface area contributed by atoms with Crippen LogP contribution in [-0.2, 0) is 4.74 Å². The number of hydrogen-bond donors (Lipinski definition) is 6. The number of nitrogens with one attached hydrogen (secondary N) is 4. The molecule has 2 heterocycles. The third kappa shape index (κ3) is 6.14. The predicted molar refractivity (Wildman–Crippen MR) is 139 cm³/mol. The number of carbonyl (C=O) groups is 2. The normalized spacial score (nSPS) is 15.3. The summed E-state index contributed by atoms with van der Waals surface area (Å²) in [5.74, 6) is -2.89. The van der Waals surface area contributed by atoms with Gasteiger partial charge in [-0.05, 0) is 37.1 Å². The van der Waals surface area contributed by atoms with Crippen LogP contribution in [0.25, 0.3) is 11.3 Å². The Hall–Kier alpha value is -3.90. The summed E-state index contributed by atoms with van der Waals surface area (Å²) in [6.07, 6.45) is 3.79. The number of amides is 2. The molecule has 0 aliphatic carbocycles. The van der Waals surface area contributed by atoms with Gasteiger partial charge in [0, 0.05) is 29.7 Å². The lowest BCUT2D eigenvalue weighted by Crippen LogP contribution is -2.31. The zero-order valence-corrected chi connectivity index (χ0v) is 21.0.